The third kappa shape index (κ3) is 3.08. The van der Waals surface area contributed by atoms with E-state index in [0.29, 0.717) is 6.54 Å². The van der Waals surface area contributed by atoms with Crippen LogP contribution in [0.25, 0.3) is 0 Å². The van der Waals surface area contributed by atoms with Gasteiger partial charge in [-0.2, -0.15) is 10.2 Å². The molecule has 2 aromatic rings. The van der Waals surface area contributed by atoms with Crippen LogP contribution in [-0.4, -0.2) is 41.8 Å². The first-order chi connectivity index (χ1) is 11.1. The van der Waals surface area contributed by atoms with Crippen LogP contribution in [0.5, 0.6) is 0 Å². The van der Waals surface area contributed by atoms with Crippen molar-refractivity contribution in [1.82, 2.24) is 24.5 Å². The van der Waals surface area contributed by atoms with E-state index in [1.807, 2.05) is 18.0 Å². The SMILES string of the molecule is Cn1nccc1C1CCCCN1C(=O)Cn1cc([N+](=O)[O-])cn1. The second-order valence-corrected chi connectivity index (χ2v) is 5.63. The van der Waals surface area contributed by atoms with E-state index in [9.17, 15) is 14.9 Å². The van der Waals surface area contributed by atoms with Gasteiger partial charge in [0.05, 0.1) is 16.7 Å². The van der Waals surface area contributed by atoms with Gasteiger partial charge in [0.15, 0.2) is 0 Å². The van der Waals surface area contributed by atoms with E-state index in [4.69, 9.17) is 0 Å². The zero-order valence-corrected chi connectivity index (χ0v) is 12.8. The van der Waals surface area contributed by atoms with Crippen LogP contribution in [0.15, 0.2) is 24.7 Å². The molecule has 0 saturated carbocycles. The normalized spacial score (nSPS) is 18.1. The van der Waals surface area contributed by atoms with Gasteiger partial charge in [-0.05, 0) is 25.3 Å². The molecule has 122 valence electrons. The molecule has 3 rings (SSSR count). The van der Waals surface area contributed by atoms with Gasteiger partial charge in [0.1, 0.15) is 18.9 Å². The highest BCUT2D eigenvalue weighted by molar-refractivity contribution is 5.76. The minimum atomic E-state index is -0.521. The number of hydrogen-bond donors (Lipinski definition) is 0. The molecule has 0 aliphatic carbocycles. The number of nitro groups is 1. The van der Waals surface area contributed by atoms with Gasteiger partial charge in [-0.1, -0.05) is 0 Å². The van der Waals surface area contributed by atoms with Crippen LogP contribution in [-0.2, 0) is 18.4 Å². The molecule has 0 radical (unpaired) electrons. The molecule has 0 spiro atoms. The number of carbonyl (C=O) groups is 1. The molecular weight excluding hydrogens is 300 g/mol. The van der Waals surface area contributed by atoms with Crippen molar-refractivity contribution in [3.05, 3.63) is 40.5 Å². The lowest BCUT2D eigenvalue weighted by Gasteiger charge is -2.35. The van der Waals surface area contributed by atoms with Crippen LogP contribution in [0.1, 0.15) is 31.0 Å². The Kier molecular flexibility index (Phi) is 4.09. The molecule has 1 saturated heterocycles. The van der Waals surface area contributed by atoms with Crippen molar-refractivity contribution >= 4 is 11.6 Å². The number of aryl methyl sites for hydroxylation is 1. The molecule has 9 nitrogen and oxygen atoms in total. The Labute approximate surface area is 132 Å². The largest absolute Gasteiger partial charge is 0.332 e. The Morgan fingerprint density at radius 1 is 1.43 bits per heavy atom. The Hall–Kier alpha value is -2.71. The van der Waals surface area contributed by atoms with Gasteiger partial charge < -0.3 is 4.90 Å². The van der Waals surface area contributed by atoms with Gasteiger partial charge >= 0.3 is 5.69 Å². The van der Waals surface area contributed by atoms with Crippen LogP contribution in [0.4, 0.5) is 5.69 Å². The Morgan fingerprint density at radius 2 is 2.26 bits per heavy atom. The van der Waals surface area contributed by atoms with Crippen LogP contribution in [0.2, 0.25) is 0 Å². The molecule has 23 heavy (non-hydrogen) atoms. The van der Waals surface area contributed by atoms with Crippen LogP contribution < -0.4 is 0 Å². The summed E-state index contributed by atoms with van der Waals surface area (Å²) >= 11 is 0. The predicted molar refractivity (Wildman–Crippen MR) is 80.4 cm³/mol. The average molecular weight is 318 g/mol. The van der Waals surface area contributed by atoms with Gasteiger partial charge in [0.2, 0.25) is 5.91 Å². The van der Waals surface area contributed by atoms with Crippen LogP contribution >= 0.6 is 0 Å². The first kappa shape index (κ1) is 15.2. The Balaban J connectivity index is 1.76. The summed E-state index contributed by atoms with van der Waals surface area (Å²) in [6.07, 6.45) is 7.07. The van der Waals surface area contributed by atoms with Crippen molar-refractivity contribution in [3.63, 3.8) is 0 Å². The summed E-state index contributed by atoms with van der Waals surface area (Å²) in [5, 5.41) is 18.8. The molecule has 1 atom stereocenters. The Bertz CT molecular complexity index is 722. The van der Waals surface area contributed by atoms with Crippen molar-refractivity contribution in [1.29, 1.82) is 0 Å². The number of piperidine rings is 1. The van der Waals surface area contributed by atoms with Crippen molar-refractivity contribution in [2.75, 3.05) is 6.54 Å². The summed E-state index contributed by atoms with van der Waals surface area (Å²) in [7, 11) is 1.86. The van der Waals surface area contributed by atoms with E-state index < -0.39 is 4.92 Å². The summed E-state index contributed by atoms with van der Waals surface area (Å²) in [5.74, 6) is -0.0890. The quantitative estimate of drug-likeness (QED) is 0.624. The van der Waals surface area contributed by atoms with Gasteiger partial charge in [0.25, 0.3) is 0 Å². The highest BCUT2D eigenvalue weighted by Crippen LogP contribution is 2.30. The van der Waals surface area contributed by atoms with Gasteiger partial charge in [0, 0.05) is 19.8 Å². The summed E-state index contributed by atoms with van der Waals surface area (Å²) in [6, 6.07) is 1.92. The number of likely N-dealkylation sites (tertiary alicyclic amines) is 1. The lowest BCUT2D eigenvalue weighted by Crippen LogP contribution is -2.41. The van der Waals surface area contributed by atoms with Crippen molar-refractivity contribution in [2.24, 2.45) is 7.05 Å². The van der Waals surface area contributed by atoms with Gasteiger partial charge in [-0.25, -0.2) is 0 Å². The molecule has 1 aliphatic heterocycles. The molecule has 1 fully saturated rings. The topological polar surface area (TPSA) is 99.1 Å². The van der Waals surface area contributed by atoms with Gasteiger partial charge in [-0.3, -0.25) is 24.3 Å². The average Bonchev–Trinajstić information content (AvgIpc) is 3.16. The van der Waals surface area contributed by atoms with E-state index in [2.05, 4.69) is 10.2 Å². The Morgan fingerprint density at radius 3 is 2.91 bits per heavy atom. The van der Waals surface area contributed by atoms with Crippen molar-refractivity contribution < 1.29 is 9.72 Å². The second-order valence-electron chi connectivity index (χ2n) is 5.63. The minimum Gasteiger partial charge on any atom is -0.332 e. The van der Waals surface area contributed by atoms with E-state index in [-0.39, 0.29) is 24.2 Å². The monoisotopic (exact) mass is 318 g/mol. The first-order valence-electron chi connectivity index (χ1n) is 7.50. The number of aromatic nitrogens is 4. The molecule has 0 N–H and O–H groups in total. The summed E-state index contributed by atoms with van der Waals surface area (Å²) in [4.78, 5) is 24.6. The lowest BCUT2D eigenvalue weighted by molar-refractivity contribution is -0.385. The highest BCUT2D eigenvalue weighted by atomic mass is 16.6. The molecule has 1 unspecified atom stereocenters. The predicted octanol–water partition coefficient (Wildman–Crippen LogP) is 1.28. The number of nitrogens with zero attached hydrogens (tertiary/aromatic N) is 6. The fourth-order valence-electron chi connectivity index (χ4n) is 3.01. The molecule has 0 bridgehead atoms. The van der Waals surface area contributed by atoms with Crippen LogP contribution in [0, 0.1) is 10.1 Å². The third-order valence-electron chi connectivity index (χ3n) is 4.15. The third-order valence-corrected chi connectivity index (χ3v) is 4.15. The van der Waals surface area contributed by atoms with E-state index >= 15 is 0 Å². The summed E-state index contributed by atoms with van der Waals surface area (Å²) in [5.41, 5.74) is 0.893. The van der Waals surface area contributed by atoms with E-state index in [0.717, 1.165) is 31.2 Å². The molecule has 0 aromatic carbocycles. The maximum absolute atomic E-state index is 12.6. The summed E-state index contributed by atoms with van der Waals surface area (Å²) < 4.78 is 3.10. The molecule has 1 aliphatic rings. The lowest BCUT2D eigenvalue weighted by atomic mass is 9.99. The maximum atomic E-state index is 12.6. The molecule has 3 heterocycles. The highest BCUT2D eigenvalue weighted by Gasteiger charge is 2.30. The number of carbonyl (C=O) groups excluding carboxylic acids is 1. The zero-order valence-electron chi connectivity index (χ0n) is 12.8. The minimum absolute atomic E-state index is 0.00217. The standard InChI is InChI=1S/C14H18N6O3/c1-17-12(5-6-15-17)13-4-2-3-7-19(13)14(21)10-18-9-11(8-16-18)20(22)23/h5-6,8-9,13H,2-4,7,10H2,1H3. The van der Waals surface area contributed by atoms with Gasteiger partial charge in [-0.15, -0.1) is 0 Å². The molecule has 2 aromatic heterocycles. The van der Waals surface area contributed by atoms with E-state index in [1.54, 1.807) is 10.9 Å². The van der Waals surface area contributed by atoms with Crippen LogP contribution in [0.3, 0.4) is 0 Å². The smallest absolute Gasteiger partial charge is 0.307 e. The van der Waals surface area contributed by atoms with Crippen molar-refractivity contribution in [2.45, 2.75) is 31.8 Å². The fraction of sp³-hybridized carbons (Fsp3) is 0.500. The molecule has 9 heteroatoms. The first-order valence-corrected chi connectivity index (χ1v) is 7.50. The maximum Gasteiger partial charge on any atom is 0.307 e. The fourth-order valence-corrected chi connectivity index (χ4v) is 3.01. The number of rotatable bonds is 4. The van der Waals surface area contributed by atoms with E-state index in [1.165, 1.54) is 10.9 Å². The zero-order chi connectivity index (χ0) is 16.4. The number of amides is 1. The molecular formula is C14H18N6O3. The second kappa shape index (κ2) is 6.19. The number of hydrogen-bond acceptors (Lipinski definition) is 5. The molecule has 1 amide bonds. The van der Waals surface area contributed by atoms with Crippen molar-refractivity contribution in [3.8, 4) is 0 Å². The summed E-state index contributed by atoms with van der Waals surface area (Å²) in [6.45, 7) is 0.681.